The number of carbonyl (C=O) groups excluding carboxylic acids is 1. The molecule has 0 aromatic carbocycles. The molecule has 0 saturated carbocycles. The lowest BCUT2D eigenvalue weighted by Gasteiger charge is -2.27. The van der Waals surface area contributed by atoms with E-state index < -0.39 is 23.3 Å². The minimum absolute atomic E-state index is 0.00360. The lowest BCUT2D eigenvalue weighted by atomic mass is 9.86. The Labute approximate surface area is 131 Å². The number of pyridine rings is 1. The van der Waals surface area contributed by atoms with Gasteiger partial charge in [-0.25, -0.2) is 9.78 Å². The van der Waals surface area contributed by atoms with E-state index in [1.165, 1.54) is 6.20 Å². The van der Waals surface area contributed by atoms with Crippen LogP contribution < -0.4 is 5.32 Å². The molecule has 1 rings (SSSR count). The summed E-state index contributed by atoms with van der Waals surface area (Å²) in [6, 6.07) is -1.10. The van der Waals surface area contributed by atoms with E-state index in [9.17, 15) is 9.59 Å². The molecule has 0 aliphatic rings. The maximum Gasteiger partial charge on any atom is 0.326 e. The second-order valence-electron chi connectivity index (χ2n) is 5.19. The van der Waals surface area contributed by atoms with Crippen LogP contribution in [0.1, 0.15) is 31.3 Å². The molecule has 5 nitrogen and oxygen atoms in total. The third kappa shape index (κ3) is 3.75. The lowest BCUT2D eigenvalue weighted by molar-refractivity contribution is -0.142. The van der Waals surface area contributed by atoms with Gasteiger partial charge in [0.1, 0.15) is 11.7 Å². The average Bonchev–Trinajstić information content (AvgIpc) is 2.31. The van der Waals surface area contributed by atoms with Gasteiger partial charge in [-0.1, -0.05) is 55.6 Å². The number of carboxylic acids is 1. The largest absolute Gasteiger partial charge is 0.480 e. The molecule has 2 N–H and O–H groups in total. The molecule has 0 aliphatic carbocycles. The number of nitrogens with one attached hydrogen (secondary N) is 1. The van der Waals surface area contributed by atoms with Crippen molar-refractivity contribution in [2.45, 2.75) is 26.8 Å². The highest BCUT2D eigenvalue weighted by molar-refractivity contribution is 6.48. The number of aliphatic carboxylic acids is 1. The van der Waals surface area contributed by atoms with Crippen LogP contribution in [-0.2, 0) is 4.79 Å². The molecule has 110 valence electrons. The van der Waals surface area contributed by atoms with Crippen LogP contribution in [-0.4, -0.2) is 28.0 Å². The van der Waals surface area contributed by atoms with Crippen molar-refractivity contribution in [1.82, 2.24) is 10.3 Å². The lowest BCUT2D eigenvalue weighted by Crippen LogP contribution is -2.49. The molecule has 0 fully saturated rings. The first kappa shape index (κ1) is 17.0. The third-order valence-corrected chi connectivity index (χ3v) is 3.76. The Hall–Kier alpha value is -1.04. The van der Waals surface area contributed by atoms with Gasteiger partial charge in [-0.15, -0.1) is 0 Å². The monoisotopic (exact) mass is 338 g/mol. The standard InChI is InChI=1S/C12H13Cl3N2O3/c1-12(2,3)9(11(19)20)17-10(18)8-7(15)6(14)5(13)4-16-8/h4,9H,1-3H3,(H,17,18)(H,19,20). The van der Waals surface area contributed by atoms with Crippen LogP contribution in [0.15, 0.2) is 6.20 Å². The molecule has 1 atom stereocenters. The molecule has 1 aromatic heterocycles. The van der Waals surface area contributed by atoms with Crippen molar-refractivity contribution in [3.8, 4) is 0 Å². The van der Waals surface area contributed by atoms with Crippen molar-refractivity contribution in [3.63, 3.8) is 0 Å². The summed E-state index contributed by atoms with van der Waals surface area (Å²) in [6.45, 7) is 5.07. The fourth-order valence-corrected chi connectivity index (χ4v) is 2.02. The van der Waals surface area contributed by atoms with Gasteiger partial charge in [-0.3, -0.25) is 4.79 Å². The molecule has 1 amide bonds. The van der Waals surface area contributed by atoms with Crippen molar-refractivity contribution in [2.75, 3.05) is 0 Å². The fraction of sp³-hybridized carbons (Fsp3) is 0.417. The van der Waals surface area contributed by atoms with Gasteiger partial charge in [-0.2, -0.15) is 0 Å². The van der Waals surface area contributed by atoms with Crippen LogP contribution in [0, 0.1) is 5.41 Å². The van der Waals surface area contributed by atoms with E-state index in [0.717, 1.165) is 0 Å². The molecule has 1 unspecified atom stereocenters. The van der Waals surface area contributed by atoms with E-state index in [1.807, 2.05) is 0 Å². The van der Waals surface area contributed by atoms with E-state index in [2.05, 4.69) is 10.3 Å². The van der Waals surface area contributed by atoms with Crippen molar-refractivity contribution in [1.29, 1.82) is 0 Å². The molecule has 0 spiro atoms. The first-order valence-corrected chi connectivity index (χ1v) is 6.72. The summed E-state index contributed by atoms with van der Waals surface area (Å²) in [6.07, 6.45) is 1.18. The van der Waals surface area contributed by atoms with Crippen molar-refractivity contribution >= 4 is 46.7 Å². The molecule has 1 heterocycles. The highest BCUT2D eigenvalue weighted by atomic mass is 35.5. The van der Waals surface area contributed by atoms with Crippen LogP contribution in [0.4, 0.5) is 0 Å². The summed E-state index contributed by atoms with van der Waals surface area (Å²) in [5, 5.41) is 11.5. The molecule has 20 heavy (non-hydrogen) atoms. The van der Waals surface area contributed by atoms with Gasteiger partial charge in [0.05, 0.1) is 15.1 Å². The molecule has 8 heteroatoms. The highest BCUT2D eigenvalue weighted by Crippen LogP contribution is 2.31. The topological polar surface area (TPSA) is 79.3 Å². The van der Waals surface area contributed by atoms with E-state index in [4.69, 9.17) is 39.9 Å². The Morgan fingerprint density at radius 1 is 1.25 bits per heavy atom. The van der Waals surface area contributed by atoms with Gasteiger partial charge < -0.3 is 10.4 Å². The van der Waals surface area contributed by atoms with Gasteiger partial charge in [0.2, 0.25) is 0 Å². The van der Waals surface area contributed by atoms with Crippen LogP contribution >= 0.6 is 34.8 Å². The zero-order valence-electron chi connectivity index (χ0n) is 11.0. The number of rotatable bonds is 3. The maximum atomic E-state index is 12.1. The molecule has 0 saturated heterocycles. The number of hydrogen-bond donors (Lipinski definition) is 2. The number of carbonyl (C=O) groups is 2. The minimum Gasteiger partial charge on any atom is -0.480 e. The predicted octanol–water partition coefficient (Wildman–Crippen LogP) is 3.27. The van der Waals surface area contributed by atoms with E-state index >= 15 is 0 Å². The Morgan fingerprint density at radius 3 is 2.25 bits per heavy atom. The fourth-order valence-electron chi connectivity index (χ4n) is 1.45. The first-order chi connectivity index (χ1) is 9.05. The third-order valence-electron chi connectivity index (χ3n) is 2.52. The van der Waals surface area contributed by atoms with Gasteiger partial charge in [0, 0.05) is 6.20 Å². The zero-order valence-corrected chi connectivity index (χ0v) is 13.3. The Bertz CT molecular complexity index is 556. The Morgan fingerprint density at radius 2 is 1.80 bits per heavy atom. The van der Waals surface area contributed by atoms with Gasteiger partial charge in [0.15, 0.2) is 0 Å². The van der Waals surface area contributed by atoms with Gasteiger partial charge in [0.25, 0.3) is 5.91 Å². The number of hydrogen-bond acceptors (Lipinski definition) is 3. The zero-order chi connectivity index (χ0) is 15.7. The Kier molecular flexibility index (Phi) is 5.24. The number of nitrogens with zero attached hydrogens (tertiary/aromatic N) is 1. The normalized spacial score (nSPS) is 12.9. The maximum absolute atomic E-state index is 12.1. The Balaban J connectivity index is 3.08. The van der Waals surface area contributed by atoms with Crippen LogP contribution in [0.2, 0.25) is 15.1 Å². The smallest absolute Gasteiger partial charge is 0.326 e. The van der Waals surface area contributed by atoms with Crippen molar-refractivity contribution in [2.24, 2.45) is 5.41 Å². The molecular weight excluding hydrogens is 327 g/mol. The summed E-state index contributed by atoms with van der Waals surface area (Å²) in [4.78, 5) is 27.1. The summed E-state index contributed by atoms with van der Waals surface area (Å²) in [7, 11) is 0. The number of carboxylic acid groups (broad SMARTS) is 1. The number of halogens is 3. The second kappa shape index (κ2) is 6.16. The summed E-state index contributed by atoms with van der Waals surface area (Å²) in [5.74, 6) is -1.88. The molecule has 0 aliphatic heterocycles. The van der Waals surface area contributed by atoms with Crippen LogP contribution in [0.5, 0.6) is 0 Å². The van der Waals surface area contributed by atoms with E-state index in [0.29, 0.717) is 0 Å². The van der Waals surface area contributed by atoms with Crippen LogP contribution in [0.25, 0.3) is 0 Å². The average molecular weight is 340 g/mol. The quantitative estimate of drug-likeness (QED) is 0.886. The molecule has 0 bridgehead atoms. The highest BCUT2D eigenvalue weighted by Gasteiger charge is 2.33. The molecule has 0 radical (unpaired) electrons. The van der Waals surface area contributed by atoms with Crippen LogP contribution in [0.3, 0.4) is 0 Å². The molecule has 1 aromatic rings. The summed E-state index contributed by atoms with van der Waals surface area (Å²) < 4.78 is 0. The predicted molar refractivity (Wildman–Crippen MR) is 77.6 cm³/mol. The van der Waals surface area contributed by atoms with Crippen molar-refractivity contribution < 1.29 is 14.7 Å². The molecular formula is C12H13Cl3N2O3. The first-order valence-electron chi connectivity index (χ1n) is 5.59. The van der Waals surface area contributed by atoms with Crippen molar-refractivity contribution in [3.05, 3.63) is 27.0 Å². The SMILES string of the molecule is CC(C)(C)C(NC(=O)c1ncc(Cl)c(Cl)c1Cl)C(=O)O. The van der Waals surface area contributed by atoms with E-state index in [1.54, 1.807) is 20.8 Å². The summed E-state index contributed by atoms with van der Waals surface area (Å²) in [5.41, 5.74) is -0.846. The van der Waals surface area contributed by atoms with Gasteiger partial charge in [-0.05, 0) is 5.41 Å². The van der Waals surface area contributed by atoms with E-state index in [-0.39, 0.29) is 20.8 Å². The summed E-state index contributed by atoms with van der Waals surface area (Å²) >= 11 is 17.4. The minimum atomic E-state index is -1.15. The second-order valence-corrected chi connectivity index (χ2v) is 6.36. The van der Waals surface area contributed by atoms with Gasteiger partial charge >= 0.3 is 5.97 Å². The number of amides is 1. The number of aromatic nitrogens is 1.